The largest absolute Gasteiger partial charge is 0.516 e. The third-order valence-electron chi connectivity index (χ3n) is 7.24. The van der Waals surface area contributed by atoms with Crippen molar-refractivity contribution < 1.29 is 33.8 Å². The van der Waals surface area contributed by atoms with Crippen LogP contribution < -0.4 is 4.74 Å². The number of nitrogens with zero attached hydrogens (tertiary/aromatic N) is 2. The maximum absolute atomic E-state index is 12.7. The second-order valence-corrected chi connectivity index (χ2v) is 9.88. The number of methoxy groups -OCH3 is 2. The van der Waals surface area contributed by atoms with Crippen LogP contribution in [0, 0.1) is 11.8 Å². The van der Waals surface area contributed by atoms with Crippen molar-refractivity contribution in [2.24, 2.45) is 11.8 Å². The normalized spacial score (nSPS) is 24.3. The standard InChI is InChI=1S/C25H34N2O6/c1-25(2,3)27(24(31)33-5)13-11-16(20(15-27)23(29)30)6-9-22(28)18-10-12-26-21-8-7-17(32-4)14-19(18)21/h7-8,10,12,14,16,20,22,28H,6,9,11,13,15H2,1-5H3/p+1/t16-,20+,22?,27?/m1/s1. The van der Waals surface area contributed by atoms with Gasteiger partial charge in [0, 0.05) is 18.0 Å². The van der Waals surface area contributed by atoms with E-state index in [1.54, 1.807) is 19.4 Å². The number of hydrogen-bond acceptors (Lipinski definition) is 6. The van der Waals surface area contributed by atoms with Gasteiger partial charge in [-0.3, -0.25) is 9.78 Å². The number of carboxylic acid groups (broad SMARTS) is 1. The monoisotopic (exact) mass is 459 g/mol. The molecule has 2 heterocycles. The minimum absolute atomic E-state index is 0.0195. The number of aliphatic carboxylic acids is 1. The highest BCUT2D eigenvalue weighted by atomic mass is 16.5. The summed E-state index contributed by atoms with van der Waals surface area (Å²) in [7, 11) is 2.94. The van der Waals surface area contributed by atoms with Crippen molar-refractivity contribution in [3.05, 3.63) is 36.0 Å². The fourth-order valence-electron chi connectivity index (χ4n) is 5.10. The molecule has 1 aliphatic rings. The number of piperidine rings is 1. The quantitative estimate of drug-likeness (QED) is 0.625. The first-order chi connectivity index (χ1) is 15.5. The SMILES string of the molecule is COC(=O)[N+]1(C(C)(C)C)CC[C@@H](CCC(O)c2ccnc3ccc(OC)cc23)[C@@H](C(=O)O)C1. The van der Waals surface area contributed by atoms with Crippen LogP contribution in [0.3, 0.4) is 0 Å². The fourth-order valence-corrected chi connectivity index (χ4v) is 5.10. The predicted octanol–water partition coefficient (Wildman–Crippen LogP) is 4.16. The first-order valence-corrected chi connectivity index (χ1v) is 11.3. The molecule has 2 aromatic rings. The van der Waals surface area contributed by atoms with Crippen LogP contribution >= 0.6 is 0 Å². The third kappa shape index (κ3) is 4.82. The number of ether oxygens (including phenoxy) is 2. The van der Waals surface area contributed by atoms with Gasteiger partial charge in [-0.2, -0.15) is 4.79 Å². The molecule has 180 valence electrons. The lowest BCUT2D eigenvalue weighted by atomic mass is 9.78. The van der Waals surface area contributed by atoms with Crippen LogP contribution in [0.5, 0.6) is 5.75 Å². The van der Waals surface area contributed by atoms with Crippen LogP contribution in [0.4, 0.5) is 4.79 Å². The van der Waals surface area contributed by atoms with E-state index in [2.05, 4.69) is 4.98 Å². The topological polar surface area (TPSA) is 106 Å². The number of amides is 1. The number of hydrogen-bond donors (Lipinski definition) is 2. The number of carboxylic acids is 1. The molecule has 1 saturated heterocycles. The summed E-state index contributed by atoms with van der Waals surface area (Å²) in [6, 6.07) is 7.32. The van der Waals surface area contributed by atoms with E-state index in [0.29, 0.717) is 31.6 Å². The molecule has 1 aromatic heterocycles. The lowest BCUT2D eigenvalue weighted by Crippen LogP contribution is -2.69. The molecule has 4 atom stereocenters. The molecule has 8 nitrogen and oxygen atoms in total. The summed E-state index contributed by atoms with van der Waals surface area (Å²) in [6.07, 6.45) is 2.03. The van der Waals surface area contributed by atoms with Crippen molar-refractivity contribution in [1.82, 2.24) is 4.98 Å². The Kier molecular flexibility index (Phi) is 7.29. The molecular weight excluding hydrogens is 424 g/mol. The van der Waals surface area contributed by atoms with Gasteiger partial charge in [0.1, 0.15) is 23.8 Å². The lowest BCUT2D eigenvalue weighted by Gasteiger charge is -2.50. The molecule has 0 spiro atoms. The van der Waals surface area contributed by atoms with Gasteiger partial charge in [0.15, 0.2) is 0 Å². The van der Waals surface area contributed by atoms with E-state index in [9.17, 15) is 19.8 Å². The average molecular weight is 460 g/mol. The summed E-state index contributed by atoms with van der Waals surface area (Å²) >= 11 is 0. The maximum Gasteiger partial charge on any atom is 0.516 e. The molecule has 0 aliphatic carbocycles. The van der Waals surface area contributed by atoms with E-state index in [0.717, 1.165) is 16.5 Å². The number of benzene rings is 1. The second kappa shape index (κ2) is 9.65. The number of fused-ring (bicyclic) bond motifs is 1. The van der Waals surface area contributed by atoms with Gasteiger partial charge < -0.3 is 19.7 Å². The zero-order chi connectivity index (χ0) is 24.4. The first kappa shape index (κ1) is 24.9. The van der Waals surface area contributed by atoms with Gasteiger partial charge in [0.2, 0.25) is 0 Å². The Bertz CT molecular complexity index is 1020. The number of carbonyl (C=O) groups is 2. The number of aromatic nitrogens is 1. The Morgan fingerprint density at radius 1 is 1.24 bits per heavy atom. The summed E-state index contributed by atoms with van der Waals surface area (Å²) in [5, 5.41) is 21.8. The van der Waals surface area contributed by atoms with Gasteiger partial charge >= 0.3 is 12.1 Å². The van der Waals surface area contributed by atoms with Crippen molar-refractivity contribution >= 4 is 23.0 Å². The summed E-state index contributed by atoms with van der Waals surface area (Å²) in [6.45, 7) is 6.51. The highest BCUT2D eigenvalue weighted by Gasteiger charge is 2.55. The van der Waals surface area contributed by atoms with Crippen LogP contribution in [0.2, 0.25) is 0 Å². The van der Waals surface area contributed by atoms with Crippen LogP contribution in [0.15, 0.2) is 30.5 Å². The lowest BCUT2D eigenvalue weighted by molar-refractivity contribution is -0.911. The summed E-state index contributed by atoms with van der Waals surface area (Å²) < 4.78 is 10.4. The summed E-state index contributed by atoms with van der Waals surface area (Å²) in [5.74, 6) is -1.07. The van der Waals surface area contributed by atoms with Crippen LogP contribution in [0.1, 0.15) is 51.7 Å². The van der Waals surface area contributed by atoms with Gasteiger partial charge in [-0.25, -0.2) is 4.48 Å². The van der Waals surface area contributed by atoms with E-state index < -0.39 is 29.6 Å². The Labute approximate surface area is 194 Å². The van der Waals surface area contributed by atoms with Crippen molar-refractivity contribution in [2.75, 3.05) is 27.3 Å². The van der Waals surface area contributed by atoms with E-state index >= 15 is 0 Å². The van der Waals surface area contributed by atoms with Crippen LogP contribution in [-0.4, -0.2) is 64.6 Å². The Morgan fingerprint density at radius 3 is 2.58 bits per heavy atom. The number of likely N-dealkylation sites (tertiary alicyclic amines) is 1. The molecule has 3 rings (SSSR count). The third-order valence-corrected chi connectivity index (χ3v) is 7.24. The summed E-state index contributed by atoms with van der Waals surface area (Å²) in [5.41, 5.74) is 1.02. The minimum atomic E-state index is -0.913. The Morgan fingerprint density at radius 2 is 1.97 bits per heavy atom. The highest BCUT2D eigenvalue weighted by Crippen LogP contribution is 2.40. The molecule has 1 aliphatic heterocycles. The van der Waals surface area contributed by atoms with Gasteiger partial charge in [-0.05, 0) is 69.4 Å². The van der Waals surface area contributed by atoms with Gasteiger partial charge in [0.25, 0.3) is 0 Å². The number of pyridine rings is 1. The smallest absolute Gasteiger partial charge is 0.497 e. The number of carbonyl (C=O) groups excluding carboxylic acids is 1. The molecule has 0 saturated carbocycles. The maximum atomic E-state index is 12.7. The average Bonchev–Trinajstić information content (AvgIpc) is 2.80. The molecule has 1 amide bonds. The molecule has 2 N–H and O–H groups in total. The number of aliphatic hydroxyl groups is 1. The zero-order valence-electron chi connectivity index (χ0n) is 20.1. The van der Waals surface area contributed by atoms with Crippen molar-refractivity contribution in [3.63, 3.8) is 0 Å². The van der Waals surface area contributed by atoms with Gasteiger partial charge in [-0.1, -0.05) is 0 Å². The fraction of sp³-hybridized carbons (Fsp3) is 0.560. The molecule has 1 aromatic carbocycles. The Balaban J connectivity index is 1.80. The number of quaternary nitrogens is 1. The van der Waals surface area contributed by atoms with E-state index in [4.69, 9.17) is 9.47 Å². The van der Waals surface area contributed by atoms with Crippen LogP contribution in [0.25, 0.3) is 10.9 Å². The Hall–Kier alpha value is -2.71. The summed E-state index contributed by atoms with van der Waals surface area (Å²) in [4.78, 5) is 29.3. The first-order valence-electron chi connectivity index (χ1n) is 11.3. The molecular formula is C25H35N2O6+. The van der Waals surface area contributed by atoms with Crippen molar-refractivity contribution in [2.45, 2.75) is 51.7 Å². The molecule has 0 radical (unpaired) electrons. The van der Waals surface area contributed by atoms with E-state index in [-0.39, 0.29) is 16.9 Å². The predicted molar refractivity (Wildman–Crippen MR) is 124 cm³/mol. The zero-order valence-corrected chi connectivity index (χ0v) is 20.1. The second-order valence-electron chi connectivity index (χ2n) is 9.88. The van der Waals surface area contributed by atoms with Crippen molar-refractivity contribution in [3.8, 4) is 5.75 Å². The minimum Gasteiger partial charge on any atom is -0.497 e. The molecule has 0 bridgehead atoms. The van der Waals surface area contributed by atoms with Crippen LogP contribution in [-0.2, 0) is 9.53 Å². The highest BCUT2D eigenvalue weighted by molar-refractivity contribution is 5.83. The van der Waals surface area contributed by atoms with Gasteiger partial charge in [-0.15, -0.1) is 0 Å². The number of rotatable bonds is 6. The van der Waals surface area contributed by atoms with E-state index in [1.807, 2.05) is 39.0 Å². The number of aliphatic hydroxyl groups excluding tert-OH is 1. The van der Waals surface area contributed by atoms with Gasteiger partial charge in [0.05, 0.1) is 32.4 Å². The van der Waals surface area contributed by atoms with E-state index in [1.165, 1.54) is 7.11 Å². The molecule has 8 heteroatoms. The molecule has 1 fully saturated rings. The molecule has 33 heavy (non-hydrogen) atoms. The van der Waals surface area contributed by atoms with Crippen molar-refractivity contribution in [1.29, 1.82) is 0 Å². The molecule has 2 unspecified atom stereocenters.